The Labute approximate surface area is 119 Å². The monoisotopic (exact) mass is 271 g/mol. The van der Waals surface area contributed by atoms with Gasteiger partial charge in [0.05, 0.1) is 0 Å². The van der Waals surface area contributed by atoms with Gasteiger partial charge in [0.2, 0.25) is 0 Å². The van der Waals surface area contributed by atoms with Crippen molar-refractivity contribution in [2.24, 2.45) is 0 Å². The molecule has 1 N–H and O–H groups in total. The Balaban J connectivity index is 1.94. The zero-order valence-electron chi connectivity index (χ0n) is 12.1. The molecule has 0 aliphatic carbocycles. The molecule has 2 atom stereocenters. The Bertz CT molecular complexity index is 585. The first-order valence-corrected chi connectivity index (χ1v) is 7.31. The zero-order valence-corrected chi connectivity index (χ0v) is 12.1. The maximum Gasteiger partial charge on any atom is 0.180 e. The summed E-state index contributed by atoms with van der Waals surface area (Å²) in [7, 11) is 2.02. The molecular formula is C15H21N5. The molecule has 20 heavy (non-hydrogen) atoms. The third-order valence-corrected chi connectivity index (χ3v) is 4.19. The summed E-state index contributed by atoms with van der Waals surface area (Å²) in [6.45, 7) is 3.30. The van der Waals surface area contributed by atoms with Crippen LogP contribution in [0.3, 0.4) is 0 Å². The number of fused-ring (bicyclic) bond motifs is 1. The number of anilines is 1. The Morgan fingerprint density at radius 1 is 1.25 bits per heavy atom. The number of piperidine rings is 1. The lowest BCUT2D eigenvalue weighted by Crippen LogP contribution is -2.50. The first-order valence-electron chi connectivity index (χ1n) is 7.31. The molecule has 2 aromatic heterocycles. The Morgan fingerprint density at radius 2 is 2.10 bits per heavy atom. The highest BCUT2D eigenvalue weighted by atomic mass is 15.2. The SMILES string of the molecule is CNC(C)C1CCCCN1c1ccc2nccnc2n1. The number of hydrogen-bond donors (Lipinski definition) is 1. The molecule has 0 bridgehead atoms. The molecular weight excluding hydrogens is 250 g/mol. The highest BCUT2D eigenvalue weighted by molar-refractivity contribution is 5.71. The second-order valence-electron chi connectivity index (χ2n) is 5.40. The van der Waals surface area contributed by atoms with Crippen molar-refractivity contribution in [3.05, 3.63) is 24.5 Å². The fourth-order valence-corrected chi connectivity index (χ4v) is 2.96. The molecule has 0 spiro atoms. The summed E-state index contributed by atoms with van der Waals surface area (Å²) in [5.41, 5.74) is 1.58. The molecule has 1 saturated heterocycles. The number of rotatable bonds is 3. The average Bonchev–Trinajstić information content (AvgIpc) is 2.53. The summed E-state index contributed by atoms with van der Waals surface area (Å²) >= 11 is 0. The number of nitrogens with one attached hydrogen (secondary N) is 1. The van der Waals surface area contributed by atoms with Crippen LogP contribution in [0.15, 0.2) is 24.5 Å². The van der Waals surface area contributed by atoms with Crippen molar-refractivity contribution >= 4 is 17.0 Å². The predicted octanol–water partition coefficient (Wildman–Crippen LogP) is 1.99. The molecule has 1 aliphatic heterocycles. The minimum absolute atomic E-state index is 0.453. The summed E-state index contributed by atoms with van der Waals surface area (Å²) in [6.07, 6.45) is 7.13. The van der Waals surface area contributed by atoms with Gasteiger partial charge in [0.15, 0.2) is 5.65 Å². The lowest BCUT2D eigenvalue weighted by molar-refractivity contribution is 0.380. The van der Waals surface area contributed by atoms with Gasteiger partial charge in [-0.3, -0.25) is 4.98 Å². The molecule has 2 unspecified atom stereocenters. The lowest BCUT2D eigenvalue weighted by atomic mass is 9.96. The molecule has 5 heteroatoms. The van der Waals surface area contributed by atoms with Crippen LogP contribution in [0.1, 0.15) is 26.2 Å². The van der Waals surface area contributed by atoms with E-state index >= 15 is 0 Å². The van der Waals surface area contributed by atoms with Gasteiger partial charge in [0, 0.05) is 31.0 Å². The Morgan fingerprint density at radius 3 is 2.95 bits per heavy atom. The number of nitrogens with zero attached hydrogens (tertiary/aromatic N) is 4. The molecule has 0 saturated carbocycles. The second-order valence-corrected chi connectivity index (χ2v) is 5.40. The minimum Gasteiger partial charge on any atom is -0.352 e. The molecule has 1 fully saturated rings. The zero-order chi connectivity index (χ0) is 13.9. The average molecular weight is 271 g/mol. The van der Waals surface area contributed by atoms with Gasteiger partial charge in [-0.2, -0.15) is 0 Å². The number of aromatic nitrogens is 3. The van der Waals surface area contributed by atoms with Crippen LogP contribution in [-0.2, 0) is 0 Å². The van der Waals surface area contributed by atoms with Gasteiger partial charge in [0.25, 0.3) is 0 Å². The van der Waals surface area contributed by atoms with E-state index in [0.717, 1.165) is 23.5 Å². The minimum atomic E-state index is 0.453. The summed E-state index contributed by atoms with van der Waals surface area (Å²) in [5, 5.41) is 3.37. The van der Waals surface area contributed by atoms with Crippen LogP contribution in [0.2, 0.25) is 0 Å². The van der Waals surface area contributed by atoms with Crippen LogP contribution >= 0.6 is 0 Å². The fourth-order valence-electron chi connectivity index (χ4n) is 2.96. The van der Waals surface area contributed by atoms with E-state index in [-0.39, 0.29) is 0 Å². The van der Waals surface area contributed by atoms with Crippen molar-refractivity contribution in [1.82, 2.24) is 20.3 Å². The highest BCUT2D eigenvalue weighted by Gasteiger charge is 2.27. The van der Waals surface area contributed by atoms with Gasteiger partial charge in [-0.05, 0) is 45.4 Å². The van der Waals surface area contributed by atoms with Crippen molar-refractivity contribution in [3.8, 4) is 0 Å². The molecule has 106 valence electrons. The molecule has 0 radical (unpaired) electrons. The molecule has 0 aromatic carbocycles. The van der Waals surface area contributed by atoms with Crippen LogP contribution in [-0.4, -0.2) is 40.6 Å². The van der Waals surface area contributed by atoms with E-state index < -0.39 is 0 Å². The molecule has 2 aromatic rings. The van der Waals surface area contributed by atoms with E-state index in [4.69, 9.17) is 4.98 Å². The first-order chi connectivity index (χ1) is 9.79. The highest BCUT2D eigenvalue weighted by Crippen LogP contribution is 2.26. The van der Waals surface area contributed by atoms with E-state index in [9.17, 15) is 0 Å². The second kappa shape index (κ2) is 5.71. The van der Waals surface area contributed by atoms with Crippen LogP contribution < -0.4 is 10.2 Å². The summed E-state index contributed by atoms with van der Waals surface area (Å²) < 4.78 is 0. The van der Waals surface area contributed by atoms with Gasteiger partial charge < -0.3 is 10.2 Å². The van der Waals surface area contributed by atoms with E-state index in [0.29, 0.717) is 12.1 Å². The maximum atomic E-state index is 4.69. The third-order valence-electron chi connectivity index (χ3n) is 4.19. The van der Waals surface area contributed by atoms with Crippen molar-refractivity contribution in [3.63, 3.8) is 0 Å². The third kappa shape index (κ3) is 2.45. The van der Waals surface area contributed by atoms with Crippen LogP contribution in [0, 0.1) is 0 Å². The molecule has 3 heterocycles. The number of likely N-dealkylation sites (N-methyl/N-ethyl adjacent to an activating group) is 1. The van der Waals surface area contributed by atoms with Crippen molar-refractivity contribution in [2.45, 2.75) is 38.3 Å². The van der Waals surface area contributed by atoms with Gasteiger partial charge in [-0.25, -0.2) is 9.97 Å². The van der Waals surface area contributed by atoms with E-state index in [1.165, 1.54) is 19.3 Å². The molecule has 5 nitrogen and oxygen atoms in total. The predicted molar refractivity (Wildman–Crippen MR) is 80.8 cm³/mol. The van der Waals surface area contributed by atoms with Crippen LogP contribution in [0.4, 0.5) is 5.82 Å². The van der Waals surface area contributed by atoms with Crippen molar-refractivity contribution in [2.75, 3.05) is 18.5 Å². The van der Waals surface area contributed by atoms with Gasteiger partial charge in [0.1, 0.15) is 11.3 Å². The smallest absolute Gasteiger partial charge is 0.180 e. The van der Waals surface area contributed by atoms with E-state index in [1.807, 2.05) is 13.1 Å². The first kappa shape index (κ1) is 13.2. The summed E-state index contributed by atoms with van der Waals surface area (Å²) in [4.78, 5) is 15.7. The largest absolute Gasteiger partial charge is 0.352 e. The topological polar surface area (TPSA) is 53.9 Å². The summed E-state index contributed by atoms with van der Waals surface area (Å²) in [5.74, 6) is 1.02. The standard InChI is InChI=1S/C15H21N5/c1-11(16-2)13-5-3-4-10-20(13)14-7-6-12-15(19-14)18-9-8-17-12/h6-9,11,13,16H,3-5,10H2,1-2H3. The maximum absolute atomic E-state index is 4.69. The van der Waals surface area contributed by atoms with Gasteiger partial charge >= 0.3 is 0 Å². The normalized spacial score (nSPS) is 21.1. The van der Waals surface area contributed by atoms with Gasteiger partial charge in [-0.1, -0.05) is 0 Å². The lowest BCUT2D eigenvalue weighted by Gasteiger charge is -2.40. The number of pyridine rings is 1. The Hall–Kier alpha value is -1.75. The van der Waals surface area contributed by atoms with Crippen LogP contribution in [0.5, 0.6) is 0 Å². The number of hydrogen-bond acceptors (Lipinski definition) is 5. The molecule has 3 rings (SSSR count). The molecule has 0 amide bonds. The quantitative estimate of drug-likeness (QED) is 0.925. The van der Waals surface area contributed by atoms with Crippen molar-refractivity contribution in [1.29, 1.82) is 0 Å². The van der Waals surface area contributed by atoms with Gasteiger partial charge in [-0.15, -0.1) is 0 Å². The van der Waals surface area contributed by atoms with Crippen molar-refractivity contribution < 1.29 is 0 Å². The van der Waals surface area contributed by atoms with E-state index in [1.54, 1.807) is 12.4 Å². The Kier molecular flexibility index (Phi) is 3.78. The van der Waals surface area contributed by atoms with Crippen LogP contribution in [0.25, 0.3) is 11.2 Å². The molecule has 1 aliphatic rings. The van der Waals surface area contributed by atoms with E-state index in [2.05, 4.69) is 33.2 Å². The summed E-state index contributed by atoms with van der Waals surface area (Å²) in [6, 6.07) is 5.03. The fraction of sp³-hybridized carbons (Fsp3) is 0.533.